The molecule has 0 saturated carbocycles. The molecule has 4 nitrogen and oxygen atoms in total. The largest absolute Gasteiger partial charge is 0.478 e. The molecular weight excluding hydrogens is 180 g/mol. The lowest BCUT2D eigenvalue weighted by Crippen LogP contribution is -2.03. The van der Waals surface area contributed by atoms with Gasteiger partial charge in [-0.05, 0) is 19.3 Å². The third-order valence-electron chi connectivity index (χ3n) is 1.99. The lowest BCUT2D eigenvalue weighted by atomic mass is 10.1. The van der Waals surface area contributed by atoms with Crippen molar-refractivity contribution in [2.24, 2.45) is 5.92 Å². The van der Waals surface area contributed by atoms with Crippen LogP contribution in [0.25, 0.3) is 0 Å². The minimum absolute atomic E-state index is 0.334. The lowest BCUT2D eigenvalue weighted by Gasteiger charge is -2.01. The van der Waals surface area contributed by atoms with E-state index in [0.29, 0.717) is 30.1 Å². The van der Waals surface area contributed by atoms with E-state index in [4.69, 9.17) is 5.11 Å². The molecule has 4 heteroatoms. The topological polar surface area (TPSA) is 55.1 Å². The molecule has 0 aliphatic rings. The van der Waals surface area contributed by atoms with Crippen LogP contribution in [0.2, 0.25) is 0 Å². The first-order valence-electron chi connectivity index (χ1n) is 4.84. The molecule has 0 aliphatic carbocycles. The van der Waals surface area contributed by atoms with Gasteiger partial charge in [0.05, 0.1) is 5.69 Å². The second-order valence-corrected chi connectivity index (χ2v) is 3.75. The molecule has 0 bridgehead atoms. The molecule has 78 valence electrons. The molecule has 0 saturated heterocycles. The molecule has 0 atom stereocenters. The first-order chi connectivity index (χ1) is 6.54. The normalized spacial score (nSPS) is 10.9. The van der Waals surface area contributed by atoms with Crippen LogP contribution < -0.4 is 0 Å². The molecule has 0 aliphatic heterocycles. The molecular formula is C10H16N2O2. The molecule has 1 aromatic heterocycles. The van der Waals surface area contributed by atoms with Gasteiger partial charge in [0.2, 0.25) is 0 Å². The molecule has 1 heterocycles. The lowest BCUT2D eigenvalue weighted by molar-refractivity contribution is 0.0695. The van der Waals surface area contributed by atoms with Crippen molar-refractivity contribution in [3.05, 3.63) is 17.5 Å². The quantitative estimate of drug-likeness (QED) is 0.798. The van der Waals surface area contributed by atoms with Gasteiger partial charge < -0.3 is 5.11 Å². The minimum Gasteiger partial charge on any atom is -0.478 e. The number of carboxylic acid groups (broad SMARTS) is 1. The van der Waals surface area contributed by atoms with Crippen molar-refractivity contribution < 1.29 is 9.90 Å². The molecule has 0 aromatic carbocycles. The van der Waals surface area contributed by atoms with E-state index in [2.05, 4.69) is 18.9 Å². The van der Waals surface area contributed by atoms with Crippen LogP contribution in [0.4, 0.5) is 0 Å². The SMILES string of the molecule is CCn1cc(C(=O)O)c(CC(C)C)n1. The second kappa shape index (κ2) is 4.26. The van der Waals surface area contributed by atoms with Crippen molar-refractivity contribution in [3.63, 3.8) is 0 Å². The number of carboxylic acids is 1. The Labute approximate surface area is 83.5 Å². The average molecular weight is 196 g/mol. The third-order valence-corrected chi connectivity index (χ3v) is 1.99. The summed E-state index contributed by atoms with van der Waals surface area (Å²) in [4.78, 5) is 10.9. The van der Waals surface area contributed by atoms with Gasteiger partial charge in [0, 0.05) is 12.7 Å². The highest BCUT2D eigenvalue weighted by Crippen LogP contribution is 2.12. The van der Waals surface area contributed by atoms with E-state index in [1.165, 1.54) is 0 Å². The van der Waals surface area contributed by atoms with Gasteiger partial charge in [-0.25, -0.2) is 4.79 Å². The monoisotopic (exact) mass is 196 g/mol. The van der Waals surface area contributed by atoms with E-state index in [0.717, 1.165) is 0 Å². The summed E-state index contributed by atoms with van der Waals surface area (Å²) in [6, 6.07) is 0. The number of rotatable bonds is 4. The number of aromatic carboxylic acids is 1. The summed E-state index contributed by atoms with van der Waals surface area (Å²) in [7, 11) is 0. The zero-order valence-corrected chi connectivity index (χ0v) is 8.82. The standard InChI is InChI=1S/C10H16N2O2/c1-4-12-6-8(10(13)14)9(11-12)5-7(2)3/h6-7H,4-5H2,1-3H3,(H,13,14). The van der Waals surface area contributed by atoms with Crippen LogP contribution in [-0.4, -0.2) is 20.9 Å². The van der Waals surface area contributed by atoms with Gasteiger partial charge in [-0.3, -0.25) is 4.68 Å². The van der Waals surface area contributed by atoms with E-state index in [1.54, 1.807) is 10.9 Å². The van der Waals surface area contributed by atoms with Crippen LogP contribution in [0, 0.1) is 5.92 Å². The predicted molar refractivity (Wildman–Crippen MR) is 53.4 cm³/mol. The molecule has 0 unspecified atom stereocenters. The van der Waals surface area contributed by atoms with Crippen LogP contribution in [-0.2, 0) is 13.0 Å². The van der Waals surface area contributed by atoms with Crippen molar-refractivity contribution in [3.8, 4) is 0 Å². The summed E-state index contributed by atoms with van der Waals surface area (Å²) in [5.74, 6) is -0.464. The third kappa shape index (κ3) is 2.34. The number of hydrogen-bond acceptors (Lipinski definition) is 2. The first-order valence-corrected chi connectivity index (χ1v) is 4.84. The maximum atomic E-state index is 10.9. The Kier molecular flexibility index (Phi) is 3.28. The zero-order valence-electron chi connectivity index (χ0n) is 8.82. The molecule has 1 aromatic rings. The summed E-state index contributed by atoms with van der Waals surface area (Å²) in [5.41, 5.74) is 1.02. The summed E-state index contributed by atoms with van der Waals surface area (Å²) in [6.07, 6.45) is 2.31. The van der Waals surface area contributed by atoms with Crippen LogP contribution in [0.15, 0.2) is 6.20 Å². The Morgan fingerprint density at radius 1 is 1.64 bits per heavy atom. The van der Waals surface area contributed by atoms with Gasteiger partial charge >= 0.3 is 5.97 Å². The Morgan fingerprint density at radius 3 is 2.71 bits per heavy atom. The van der Waals surface area contributed by atoms with Crippen molar-refractivity contribution in [1.29, 1.82) is 0 Å². The van der Waals surface area contributed by atoms with Gasteiger partial charge in [-0.2, -0.15) is 5.10 Å². The Morgan fingerprint density at radius 2 is 2.29 bits per heavy atom. The highest BCUT2D eigenvalue weighted by atomic mass is 16.4. The van der Waals surface area contributed by atoms with Gasteiger partial charge in [-0.1, -0.05) is 13.8 Å². The summed E-state index contributed by atoms with van der Waals surface area (Å²) in [6.45, 7) is 6.75. The fourth-order valence-electron chi connectivity index (χ4n) is 1.34. The smallest absolute Gasteiger partial charge is 0.339 e. The molecule has 0 spiro atoms. The summed E-state index contributed by atoms with van der Waals surface area (Å²) in [5, 5.41) is 13.2. The van der Waals surface area contributed by atoms with Crippen molar-refractivity contribution in [2.75, 3.05) is 0 Å². The maximum absolute atomic E-state index is 10.9. The number of aromatic nitrogens is 2. The average Bonchev–Trinajstić information content (AvgIpc) is 2.46. The number of aryl methyl sites for hydroxylation is 1. The number of nitrogens with zero attached hydrogens (tertiary/aromatic N) is 2. The Bertz CT molecular complexity index is 329. The fourth-order valence-corrected chi connectivity index (χ4v) is 1.34. The molecule has 0 amide bonds. The van der Waals surface area contributed by atoms with E-state index < -0.39 is 5.97 Å². The molecule has 1 rings (SSSR count). The van der Waals surface area contributed by atoms with Crippen LogP contribution in [0.5, 0.6) is 0 Å². The van der Waals surface area contributed by atoms with Gasteiger partial charge in [0.25, 0.3) is 0 Å². The highest BCUT2D eigenvalue weighted by molar-refractivity contribution is 5.88. The number of hydrogen-bond donors (Lipinski definition) is 1. The fraction of sp³-hybridized carbons (Fsp3) is 0.600. The molecule has 0 fully saturated rings. The van der Waals surface area contributed by atoms with Crippen LogP contribution in [0.1, 0.15) is 36.8 Å². The van der Waals surface area contributed by atoms with Crippen molar-refractivity contribution >= 4 is 5.97 Å². The summed E-state index contributed by atoms with van der Waals surface area (Å²) < 4.78 is 1.67. The van der Waals surface area contributed by atoms with Gasteiger partial charge in [-0.15, -0.1) is 0 Å². The van der Waals surface area contributed by atoms with Crippen LogP contribution >= 0.6 is 0 Å². The summed E-state index contributed by atoms with van der Waals surface area (Å²) >= 11 is 0. The Hall–Kier alpha value is -1.32. The van der Waals surface area contributed by atoms with E-state index in [9.17, 15) is 4.79 Å². The maximum Gasteiger partial charge on any atom is 0.339 e. The van der Waals surface area contributed by atoms with Crippen molar-refractivity contribution in [2.45, 2.75) is 33.7 Å². The van der Waals surface area contributed by atoms with Gasteiger partial charge in [0.15, 0.2) is 0 Å². The van der Waals surface area contributed by atoms with Crippen LogP contribution in [0.3, 0.4) is 0 Å². The molecule has 0 radical (unpaired) electrons. The number of carbonyl (C=O) groups is 1. The zero-order chi connectivity index (χ0) is 10.7. The molecule has 1 N–H and O–H groups in total. The second-order valence-electron chi connectivity index (χ2n) is 3.75. The first kappa shape index (κ1) is 10.8. The molecule has 14 heavy (non-hydrogen) atoms. The van der Waals surface area contributed by atoms with E-state index in [-0.39, 0.29) is 0 Å². The Balaban J connectivity index is 2.99. The van der Waals surface area contributed by atoms with E-state index >= 15 is 0 Å². The highest BCUT2D eigenvalue weighted by Gasteiger charge is 2.15. The minimum atomic E-state index is -0.889. The van der Waals surface area contributed by atoms with Gasteiger partial charge in [0.1, 0.15) is 5.56 Å². The van der Waals surface area contributed by atoms with Crippen molar-refractivity contribution in [1.82, 2.24) is 9.78 Å². The predicted octanol–water partition coefficient (Wildman–Crippen LogP) is 1.80. The van der Waals surface area contributed by atoms with E-state index in [1.807, 2.05) is 6.92 Å².